The van der Waals surface area contributed by atoms with Crippen molar-refractivity contribution in [2.45, 2.75) is 33.1 Å². The highest BCUT2D eigenvalue weighted by molar-refractivity contribution is 6.03. The van der Waals surface area contributed by atoms with Crippen molar-refractivity contribution in [1.29, 1.82) is 0 Å². The van der Waals surface area contributed by atoms with Crippen LogP contribution in [-0.4, -0.2) is 5.91 Å². The van der Waals surface area contributed by atoms with Gasteiger partial charge in [0.05, 0.1) is 0 Å². The van der Waals surface area contributed by atoms with Gasteiger partial charge in [-0.05, 0) is 48.6 Å². The highest BCUT2D eigenvalue weighted by Gasteiger charge is 2.60. The van der Waals surface area contributed by atoms with Crippen LogP contribution in [0.2, 0.25) is 0 Å². The maximum absolute atomic E-state index is 12.1. The van der Waals surface area contributed by atoms with Gasteiger partial charge in [-0.25, -0.2) is 0 Å². The fourth-order valence-electron chi connectivity index (χ4n) is 3.68. The summed E-state index contributed by atoms with van der Waals surface area (Å²) in [4.78, 5) is 12.1. The molecule has 3 rings (SSSR count). The molecule has 2 nitrogen and oxygen atoms in total. The van der Waals surface area contributed by atoms with E-state index in [1.807, 2.05) is 24.3 Å². The van der Waals surface area contributed by atoms with E-state index in [0.29, 0.717) is 0 Å². The summed E-state index contributed by atoms with van der Waals surface area (Å²) in [5.74, 6) is -0.237. The Morgan fingerprint density at radius 1 is 1.11 bits per heavy atom. The smallest absolute Gasteiger partial charge is 0.257 e. The van der Waals surface area contributed by atoms with Crippen molar-refractivity contribution in [3.63, 3.8) is 0 Å². The fourth-order valence-corrected chi connectivity index (χ4v) is 3.68. The van der Waals surface area contributed by atoms with Gasteiger partial charge in [-0.15, -0.1) is 0 Å². The topological polar surface area (TPSA) is 40.9 Å². The average Bonchev–Trinajstić information content (AvgIpc) is 3.02. The fraction of sp³-hybridized carbons (Fsp3) is 0.353. The molecule has 0 spiro atoms. The molecule has 2 heteroatoms. The molecule has 0 bridgehead atoms. The second kappa shape index (κ2) is 3.60. The van der Waals surface area contributed by atoms with E-state index >= 15 is 0 Å². The van der Waals surface area contributed by atoms with E-state index in [0.717, 1.165) is 16.7 Å². The summed E-state index contributed by atoms with van der Waals surface area (Å²) in [6.45, 7) is 8.48. The summed E-state index contributed by atoms with van der Waals surface area (Å²) in [5, 5.41) is 0. The monoisotopic (exact) mass is 252 g/mol. The zero-order chi connectivity index (χ0) is 13.9. The Balaban J connectivity index is 2.21. The molecule has 1 aromatic rings. The molecule has 19 heavy (non-hydrogen) atoms. The van der Waals surface area contributed by atoms with Gasteiger partial charge in [-0.3, -0.25) is 10.5 Å². The molecule has 1 radical (unpaired) electrons. The molecule has 1 amide bonds. The van der Waals surface area contributed by atoms with Crippen LogP contribution in [0.5, 0.6) is 0 Å². The van der Waals surface area contributed by atoms with Crippen LogP contribution in [0.25, 0.3) is 0 Å². The maximum Gasteiger partial charge on any atom is 0.257 e. The minimum atomic E-state index is -0.744. The summed E-state index contributed by atoms with van der Waals surface area (Å²) < 4.78 is 0. The number of hydrogen-bond acceptors (Lipinski definition) is 1. The van der Waals surface area contributed by atoms with Crippen LogP contribution in [0.4, 0.5) is 0 Å². The molecule has 0 heterocycles. The summed E-state index contributed by atoms with van der Waals surface area (Å²) in [5.41, 5.74) is 14.1. The Morgan fingerprint density at radius 2 is 1.63 bits per heavy atom. The van der Waals surface area contributed by atoms with Crippen molar-refractivity contribution in [3.05, 3.63) is 57.7 Å². The molecule has 1 N–H and O–H groups in total. The molecule has 1 atom stereocenters. The van der Waals surface area contributed by atoms with Gasteiger partial charge >= 0.3 is 0 Å². The first kappa shape index (κ1) is 12.2. The number of allylic oxidation sites excluding steroid dienone is 3. The molecule has 2 aliphatic carbocycles. The molecule has 0 saturated heterocycles. The summed E-state index contributed by atoms with van der Waals surface area (Å²) in [6, 6.07) is 7.87. The number of nitrogens with one attached hydrogen (secondary N) is 1. The van der Waals surface area contributed by atoms with Crippen LogP contribution in [0.15, 0.2) is 46.6 Å². The number of fused-ring (bicyclic) bond motifs is 1. The van der Waals surface area contributed by atoms with Crippen molar-refractivity contribution in [2.75, 3.05) is 0 Å². The molecule has 0 fully saturated rings. The highest BCUT2D eigenvalue weighted by Crippen LogP contribution is 2.60. The number of amides is 1. The zero-order valence-electron chi connectivity index (χ0n) is 11.8. The zero-order valence-corrected chi connectivity index (χ0v) is 11.8. The second-order valence-corrected chi connectivity index (χ2v) is 5.69. The van der Waals surface area contributed by atoms with Gasteiger partial charge in [0.1, 0.15) is 5.41 Å². The molecule has 0 aliphatic heterocycles. The number of carbonyl (C=O) groups is 1. The van der Waals surface area contributed by atoms with Crippen LogP contribution in [0.1, 0.15) is 38.8 Å². The van der Waals surface area contributed by atoms with Crippen molar-refractivity contribution >= 4 is 5.91 Å². The van der Waals surface area contributed by atoms with Crippen LogP contribution in [0.3, 0.4) is 0 Å². The van der Waals surface area contributed by atoms with E-state index in [2.05, 4.69) is 27.7 Å². The average molecular weight is 252 g/mol. The van der Waals surface area contributed by atoms with Gasteiger partial charge in [0.2, 0.25) is 0 Å². The van der Waals surface area contributed by atoms with Crippen LogP contribution in [0, 0.1) is 5.92 Å². The third kappa shape index (κ3) is 1.24. The van der Waals surface area contributed by atoms with Crippen molar-refractivity contribution in [3.8, 4) is 0 Å². The molecular formula is C17H18NO. The largest absolute Gasteiger partial charge is 0.271 e. The Kier molecular flexibility index (Phi) is 2.31. The number of benzene rings is 1. The number of carbonyl (C=O) groups excluding carboxylic acids is 1. The molecule has 0 aromatic heterocycles. The Morgan fingerprint density at radius 3 is 2.00 bits per heavy atom. The SMILES string of the molecule is CC1=C(C)C(C)C(C2(C([NH])=O)c3ccccc32)=C1C. The van der Waals surface area contributed by atoms with Crippen LogP contribution in [-0.2, 0) is 10.2 Å². The molecule has 1 aromatic carbocycles. The molecule has 2 aliphatic rings. The summed E-state index contributed by atoms with van der Waals surface area (Å²) >= 11 is 0. The van der Waals surface area contributed by atoms with Crippen molar-refractivity contribution in [2.24, 2.45) is 5.92 Å². The Hall–Kier alpha value is -1.83. The van der Waals surface area contributed by atoms with E-state index in [1.54, 1.807) is 0 Å². The van der Waals surface area contributed by atoms with Gasteiger partial charge in [0, 0.05) is 5.92 Å². The van der Waals surface area contributed by atoms with Crippen LogP contribution < -0.4 is 5.73 Å². The predicted molar refractivity (Wildman–Crippen MR) is 75.6 cm³/mol. The highest BCUT2D eigenvalue weighted by atomic mass is 16.1. The third-order valence-electron chi connectivity index (χ3n) is 5.06. The first-order chi connectivity index (χ1) is 8.94. The lowest BCUT2D eigenvalue weighted by Gasteiger charge is -2.21. The second-order valence-electron chi connectivity index (χ2n) is 5.69. The normalized spacial score (nSPS) is 23.7. The van der Waals surface area contributed by atoms with Gasteiger partial charge in [0.25, 0.3) is 5.91 Å². The first-order valence-electron chi connectivity index (χ1n) is 6.69. The van der Waals surface area contributed by atoms with Crippen molar-refractivity contribution in [1.82, 2.24) is 5.73 Å². The van der Waals surface area contributed by atoms with Gasteiger partial charge in [-0.1, -0.05) is 36.8 Å². The minimum Gasteiger partial charge on any atom is -0.271 e. The minimum absolute atomic E-state index is 0.252. The predicted octanol–water partition coefficient (Wildman–Crippen LogP) is 3.40. The Labute approximate surface area is 114 Å². The maximum atomic E-state index is 12.1. The van der Waals surface area contributed by atoms with E-state index < -0.39 is 11.3 Å². The lowest BCUT2D eigenvalue weighted by Crippen LogP contribution is -2.28. The first-order valence-corrected chi connectivity index (χ1v) is 6.69. The van der Waals surface area contributed by atoms with E-state index in [1.165, 1.54) is 16.7 Å². The number of hydrogen-bond donors (Lipinski definition) is 0. The van der Waals surface area contributed by atoms with E-state index in [9.17, 15) is 4.79 Å². The van der Waals surface area contributed by atoms with E-state index in [-0.39, 0.29) is 5.92 Å². The van der Waals surface area contributed by atoms with Crippen LogP contribution >= 0.6 is 0 Å². The van der Waals surface area contributed by atoms with Crippen molar-refractivity contribution < 1.29 is 4.79 Å². The third-order valence-corrected chi connectivity index (χ3v) is 5.06. The molecule has 0 saturated carbocycles. The van der Waals surface area contributed by atoms with Gasteiger partial charge < -0.3 is 0 Å². The molecular weight excluding hydrogens is 234 g/mol. The Bertz CT molecular complexity index is 641. The van der Waals surface area contributed by atoms with E-state index in [4.69, 9.17) is 5.73 Å². The van der Waals surface area contributed by atoms with Gasteiger partial charge in [-0.2, -0.15) is 0 Å². The summed E-state index contributed by atoms with van der Waals surface area (Å²) in [7, 11) is 0. The molecule has 97 valence electrons. The lowest BCUT2D eigenvalue weighted by atomic mass is 9.81. The summed E-state index contributed by atoms with van der Waals surface area (Å²) in [6.07, 6.45) is 0. The molecule has 1 unspecified atom stereocenters. The quantitative estimate of drug-likeness (QED) is 0.795. The standard InChI is InChI=1S/C17H18NO/c1-9-10(2)12(4)15(11(9)3)17(16(18)19)13-7-5-6-8-14(13)17/h5-8,11,18H,1-4H3. The number of rotatable bonds is 2. The lowest BCUT2D eigenvalue weighted by molar-refractivity contribution is -0.120. The van der Waals surface area contributed by atoms with Gasteiger partial charge in [0.15, 0.2) is 0 Å².